The van der Waals surface area contributed by atoms with Crippen molar-refractivity contribution in [1.29, 1.82) is 5.26 Å². The third-order valence-electron chi connectivity index (χ3n) is 7.15. The first-order valence-electron chi connectivity index (χ1n) is 14.1. The molecule has 1 heterocycles. The molecule has 43 heavy (non-hydrogen) atoms. The second-order valence-electron chi connectivity index (χ2n) is 10.7. The predicted molar refractivity (Wildman–Crippen MR) is 162 cm³/mol. The van der Waals surface area contributed by atoms with E-state index in [1.165, 1.54) is 12.1 Å². The summed E-state index contributed by atoms with van der Waals surface area (Å²) in [4.78, 5) is 25.2. The molecule has 0 aliphatic rings. The molecule has 0 saturated heterocycles. The summed E-state index contributed by atoms with van der Waals surface area (Å²) in [6.07, 6.45) is -2.34. The highest BCUT2D eigenvalue weighted by molar-refractivity contribution is 6.11. The van der Waals surface area contributed by atoms with E-state index in [2.05, 4.69) is 11.4 Å². The van der Waals surface area contributed by atoms with Gasteiger partial charge in [0.15, 0.2) is 0 Å². The number of hydrogen-bond donors (Lipinski definition) is 4. The van der Waals surface area contributed by atoms with Gasteiger partial charge in [-0.25, -0.2) is 4.39 Å². The van der Waals surface area contributed by atoms with Gasteiger partial charge < -0.3 is 25.2 Å². The zero-order valence-corrected chi connectivity index (χ0v) is 24.0. The number of nitrogens with zero attached hydrogens (tertiary/aromatic N) is 2. The SMILES string of the molecule is CC(C)n1c(CC[C@@H](O)C[C@@H](O)CC(=O)O)c(-c2ccc(F)cc2)c(-c2ccccc2)c1C(=O)Nc1cccc(C#N)c1. The molecule has 222 valence electrons. The van der Waals surface area contributed by atoms with Gasteiger partial charge in [0.05, 0.1) is 30.3 Å². The number of rotatable bonds is 12. The minimum Gasteiger partial charge on any atom is -0.481 e. The molecular weight excluding hydrogens is 549 g/mol. The molecule has 9 heteroatoms. The van der Waals surface area contributed by atoms with E-state index in [-0.39, 0.29) is 25.3 Å². The van der Waals surface area contributed by atoms with Gasteiger partial charge in [0, 0.05) is 28.6 Å². The van der Waals surface area contributed by atoms with E-state index >= 15 is 0 Å². The Kier molecular flexibility index (Phi) is 10.1. The molecule has 0 saturated carbocycles. The van der Waals surface area contributed by atoms with Gasteiger partial charge >= 0.3 is 5.97 Å². The van der Waals surface area contributed by atoms with Crippen molar-refractivity contribution < 1.29 is 29.3 Å². The molecule has 0 aliphatic heterocycles. The molecule has 0 unspecified atom stereocenters. The monoisotopic (exact) mass is 583 g/mol. The van der Waals surface area contributed by atoms with E-state index in [9.17, 15) is 29.5 Å². The molecule has 3 aromatic carbocycles. The molecule has 4 aromatic rings. The highest BCUT2D eigenvalue weighted by Gasteiger charge is 2.30. The maximum atomic E-state index is 14.2. The van der Waals surface area contributed by atoms with E-state index in [1.54, 1.807) is 36.4 Å². The van der Waals surface area contributed by atoms with Crippen LogP contribution < -0.4 is 5.32 Å². The van der Waals surface area contributed by atoms with Gasteiger partial charge in [-0.3, -0.25) is 9.59 Å². The highest BCUT2D eigenvalue weighted by Crippen LogP contribution is 2.43. The van der Waals surface area contributed by atoms with Crippen LogP contribution in [0.2, 0.25) is 0 Å². The number of nitriles is 1. The van der Waals surface area contributed by atoms with Gasteiger partial charge in [0.1, 0.15) is 11.5 Å². The van der Waals surface area contributed by atoms with Crippen molar-refractivity contribution in [2.75, 3.05) is 5.32 Å². The van der Waals surface area contributed by atoms with Crippen LogP contribution in [0.3, 0.4) is 0 Å². The van der Waals surface area contributed by atoms with Crippen molar-refractivity contribution in [2.45, 2.75) is 57.8 Å². The van der Waals surface area contributed by atoms with Crippen LogP contribution in [0.1, 0.15) is 60.9 Å². The number of aliphatic hydroxyl groups excluding tert-OH is 2. The smallest absolute Gasteiger partial charge is 0.305 e. The molecule has 8 nitrogen and oxygen atoms in total. The Hall–Kier alpha value is -4.78. The van der Waals surface area contributed by atoms with E-state index in [0.717, 1.165) is 11.3 Å². The summed E-state index contributed by atoms with van der Waals surface area (Å²) >= 11 is 0. The first-order chi connectivity index (χ1) is 20.6. The second kappa shape index (κ2) is 13.9. The van der Waals surface area contributed by atoms with Crippen LogP contribution in [0.25, 0.3) is 22.3 Å². The molecule has 0 radical (unpaired) electrons. The van der Waals surface area contributed by atoms with Crippen molar-refractivity contribution >= 4 is 17.6 Å². The van der Waals surface area contributed by atoms with Crippen molar-refractivity contribution in [2.24, 2.45) is 0 Å². The zero-order chi connectivity index (χ0) is 31.1. The van der Waals surface area contributed by atoms with E-state index < -0.39 is 36.3 Å². The number of aliphatic hydroxyl groups is 2. The maximum Gasteiger partial charge on any atom is 0.305 e. The average molecular weight is 584 g/mol. The summed E-state index contributed by atoms with van der Waals surface area (Å²) in [5.74, 6) is -1.97. The molecule has 1 amide bonds. The average Bonchev–Trinajstić information content (AvgIpc) is 3.32. The number of aliphatic carboxylic acids is 1. The minimum absolute atomic E-state index is 0.116. The van der Waals surface area contributed by atoms with Crippen LogP contribution in [-0.4, -0.2) is 44.0 Å². The van der Waals surface area contributed by atoms with Crippen molar-refractivity contribution in [1.82, 2.24) is 4.57 Å². The highest BCUT2D eigenvalue weighted by atomic mass is 19.1. The van der Waals surface area contributed by atoms with Gasteiger partial charge in [-0.05, 0) is 74.6 Å². The number of carboxylic acids is 1. The summed E-state index contributed by atoms with van der Waals surface area (Å²) < 4.78 is 16.0. The standard InChI is InChI=1S/C34H34FN3O5/c1-21(2)38-29(16-15-27(39)18-28(40)19-30(41)42)31(24-11-13-25(35)14-12-24)32(23-8-4-3-5-9-23)33(38)34(43)37-26-10-6-7-22(17-26)20-36/h3-14,17,21,27-28,39-40H,15-16,18-19H2,1-2H3,(H,37,43)(H,41,42)/t27-,28-/m1/s1. The molecule has 4 N–H and O–H groups in total. The maximum absolute atomic E-state index is 14.2. The topological polar surface area (TPSA) is 136 Å². The number of carbonyl (C=O) groups excluding carboxylic acids is 1. The van der Waals surface area contributed by atoms with E-state index in [4.69, 9.17) is 5.11 Å². The summed E-state index contributed by atoms with van der Waals surface area (Å²) in [6.45, 7) is 3.87. The summed E-state index contributed by atoms with van der Waals surface area (Å²) in [5, 5.41) is 42.1. The number of aromatic nitrogens is 1. The van der Waals surface area contributed by atoms with Gasteiger partial charge in [0.25, 0.3) is 5.91 Å². The molecule has 0 bridgehead atoms. The number of anilines is 1. The lowest BCUT2D eigenvalue weighted by Crippen LogP contribution is -2.22. The number of benzene rings is 3. The Balaban J connectivity index is 1.90. The fourth-order valence-corrected chi connectivity index (χ4v) is 5.37. The van der Waals surface area contributed by atoms with E-state index in [0.29, 0.717) is 33.6 Å². The number of carbonyl (C=O) groups is 2. The Labute approximate surface area is 249 Å². The third-order valence-corrected chi connectivity index (χ3v) is 7.15. The van der Waals surface area contributed by atoms with Crippen LogP contribution in [0, 0.1) is 17.1 Å². The first kappa shape index (κ1) is 31.2. The van der Waals surface area contributed by atoms with Crippen LogP contribution >= 0.6 is 0 Å². The lowest BCUT2D eigenvalue weighted by atomic mass is 9.92. The first-order valence-corrected chi connectivity index (χ1v) is 14.1. The number of halogens is 1. The molecular formula is C34H34FN3O5. The number of nitrogens with one attached hydrogen (secondary N) is 1. The molecule has 1 aromatic heterocycles. The molecule has 2 atom stereocenters. The number of amides is 1. The fraction of sp³-hybridized carbons (Fsp3) is 0.265. The Morgan fingerprint density at radius 3 is 2.23 bits per heavy atom. The second-order valence-corrected chi connectivity index (χ2v) is 10.7. The Morgan fingerprint density at radius 2 is 1.60 bits per heavy atom. The van der Waals surface area contributed by atoms with Crippen molar-refractivity contribution in [3.63, 3.8) is 0 Å². The Morgan fingerprint density at radius 1 is 0.930 bits per heavy atom. The van der Waals surface area contributed by atoms with Gasteiger partial charge in [0.2, 0.25) is 0 Å². The van der Waals surface area contributed by atoms with Crippen molar-refractivity contribution in [3.8, 4) is 28.3 Å². The molecule has 4 rings (SSSR count). The lowest BCUT2D eigenvalue weighted by molar-refractivity contribution is -0.139. The van der Waals surface area contributed by atoms with Crippen LogP contribution in [0.5, 0.6) is 0 Å². The number of carboxylic acid groups (broad SMARTS) is 1. The molecule has 0 spiro atoms. The quantitative estimate of drug-likeness (QED) is 0.157. The Bertz CT molecular complexity index is 1620. The van der Waals surface area contributed by atoms with Crippen LogP contribution in [0.4, 0.5) is 10.1 Å². The summed E-state index contributed by atoms with van der Waals surface area (Å²) in [6, 6.07) is 23.9. The zero-order valence-electron chi connectivity index (χ0n) is 24.0. The lowest BCUT2D eigenvalue weighted by Gasteiger charge is -2.20. The van der Waals surface area contributed by atoms with Gasteiger partial charge in [-0.1, -0.05) is 48.5 Å². The molecule has 0 aliphatic carbocycles. The summed E-state index contributed by atoms with van der Waals surface area (Å²) in [7, 11) is 0. The van der Waals surface area contributed by atoms with Crippen molar-refractivity contribution in [3.05, 3.63) is 102 Å². The summed E-state index contributed by atoms with van der Waals surface area (Å²) in [5.41, 5.74) is 4.70. The normalized spacial score (nSPS) is 12.5. The van der Waals surface area contributed by atoms with Crippen LogP contribution in [0.15, 0.2) is 78.9 Å². The van der Waals surface area contributed by atoms with Crippen LogP contribution in [-0.2, 0) is 11.2 Å². The fourth-order valence-electron chi connectivity index (χ4n) is 5.37. The number of hydrogen-bond acceptors (Lipinski definition) is 5. The van der Waals surface area contributed by atoms with Gasteiger partial charge in [-0.15, -0.1) is 0 Å². The predicted octanol–water partition coefficient (Wildman–Crippen LogP) is 6.19. The largest absolute Gasteiger partial charge is 0.481 e. The minimum atomic E-state index is -1.20. The third kappa shape index (κ3) is 7.55. The molecule has 0 fully saturated rings. The van der Waals surface area contributed by atoms with Gasteiger partial charge in [-0.2, -0.15) is 5.26 Å². The van der Waals surface area contributed by atoms with E-state index in [1.807, 2.05) is 48.7 Å².